The van der Waals surface area contributed by atoms with Gasteiger partial charge in [0.15, 0.2) is 6.61 Å². The molecule has 3 aromatic carbocycles. The number of halogens is 2. The van der Waals surface area contributed by atoms with Crippen LogP contribution >= 0.6 is 11.6 Å². The third-order valence-electron chi connectivity index (χ3n) is 4.97. The van der Waals surface area contributed by atoms with Gasteiger partial charge in [-0.25, -0.2) is 4.39 Å². The van der Waals surface area contributed by atoms with Crippen molar-refractivity contribution in [2.24, 2.45) is 0 Å². The number of hydrogen-bond donors (Lipinski definition) is 0. The summed E-state index contributed by atoms with van der Waals surface area (Å²) in [6.07, 6.45) is 0.778. The molecule has 0 aliphatic carbocycles. The summed E-state index contributed by atoms with van der Waals surface area (Å²) in [6, 6.07) is 21.1. The number of fused-ring (bicyclic) bond motifs is 1. The third-order valence-corrected chi connectivity index (χ3v) is 5.22. The molecule has 0 unspecified atom stereocenters. The molecule has 0 aromatic heterocycles. The van der Waals surface area contributed by atoms with Gasteiger partial charge in [-0.05, 0) is 59.5 Å². The summed E-state index contributed by atoms with van der Waals surface area (Å²) in [7, 11) is 0. The van der Waals surface area contributed by atoms with Crippen LogP contribution in [0.5, 0.6) is 5.75 Å². The van der Waals surface area contributed by atoms with Crippen LogP contribution in [0.25, 0.3) is 0 Å². The molecule has 1 amide bonds. The first-order valence-corrected chi connectivity index (χ1v) is 9.51. The molecule has 0 fully saturated rings. The van der Waals surface area contributed by atoms with Gasteiger partial charge in [0.1, 0.15) is 11.6 Å². The van der Waals surface area contributed by atoms with E-state index in [2.05, 4.69) is 6.07 Å². The van der Waals surface area contributed by atoms with Crippen LogP contribution in [0.1, 0.15) is 22.7 Å². The number of hydrogen-bond acceptors (Lipinski definition) is 2. The maximum atomic E-state index is 13.4. The van der Waals surface area contributed by atoms with Gasteiger partial charge in [0.2, 0.25) is 0 Å². The van der Waals surface area contributed by atoms with E-state index in [1.165, 1.54) is 17.7 Å². The molecule has 0 bridgehead atoms. The largest absolute Gasteiger partial charge is 0.484 e. The molecule has 0 radical (unpaired) electrons. The van der Waals surface area contributed by atoms with Crippen molar-refractivity contribution < 1.29 is 13.9 Å². The Bertz CT molecular complexity index is 973. The Kier molecular flexibility index (Phi) is 5.31. The first kappa shape index (κ1) is 18.5. The van der Waals surface area contributed by atoms with Crippen molar-refractivity contribution in [3.05, 3.63) is 100 Å². The molecule has 1 aliphatic heterocycles. The molecule has 3 nitrogen and oxygen atoms in total. The summed E-state index contributed by atoms with van der Waals surface area (Å²) in [5, 5.41) is 0.614. The van der Waals surface area contributed by atoms with E-state index in [1.54, 1.807) is 36.4 Å². The quantitative estimate of drug-likeness (QED) is 0.620. The Morgan fingerprint density at radius 1 is 1.04 bits per heavy atom. The molecule has 1 aliphatic rings. The molecule has 28 heavy (non-hydrogen) atoms. The fraction of sp³-hybridized carbons (Fsp3) is 0.174. The zero-order valence-electron chi connectivity index (χ0n) is 15.1. The van der Waals surface area contributed by atoms with Crippen molar-refractivity contribution in [3.8, 4) is 5.75 Å². The molecule has 0 saturated carbocycles. The highest BCUT2D eigenvalue weighted by Crippen LogP contribution is 2.35. The minimum atomic E-state index is -0.295. The molecule has 4 rings (SSSR count). The highest BCUT2D eigenvalue weighted by atomic mass is 35.5. The first-order valence-electron chi connectivity index (χ1n) is 9.13. The maximum absolute atomic E-state index is 13.4. The van der Waals surface area contributed by atoms with E-state index in [4.69, 9.17) is 16.3 Å². The predicted molar refractivity (Wildman–Crippen MR) is 107 cm³/mol. The van der Waals surface area contributed by atoms with Crippen molar-refractivity contribution in [1.29, 1.82) is 0 Å². The van der Waals surface area contributed by atoms with E-state index >= 15 is 0 Å². The predicted octanol–water partition coefficient (Wildman–Crippen LogP) is 5.03. The van der Waals surface area contributed by atoms with E-state index in [0.29, 0.717) is 17.3 Å². The number of benzene rings is 3. The Morgan fingerprint density at radius 2 is 1.75 bits per heavy atom. The lowest BCUT2D eigenvalue weighted by Crippen LogP contribution is -2.42. The number of amides is 1. The van der Waals surface area contributed by atoms with E-state index in [-0.39, 0.29) is 24.4 Å². The number of carbonyl (C=O) groups excluding carboxylic acids is 1. The average molecular weight is 396 g/mol. The summed E-state index contributed by atoms with van der Waals surface area (Å²) in [4.78, 5) is 14.8. The monoisotopic (exact) mass is 395 g/mol. The lowest BCUT2D eigenvalue weighted by Gasteiger charge is -2.37. The maximum Gasteiger partial charge on any atom is 0.261 e. The van der Waals surface area contributed by atoms with Gasteiger partial charge < -0.3 is 9.64 Å². The van der Waals surface area contributed by atoms with Gasteiger partial charge in [-0.2, -0.15) is 0 Å². The summed E-state index contributed by atoms with van der Waals surface area (Å²) < 4.78 is 19.1. The van der Waals surface area contributed by atoms with Crippen molar-refractivity contribution in [1.82, 2.24) is 4.90 Å². The Hall–Kier alpha value is -2.85. The van der Waals surface area contributed by atoms with Gasteiger partial charge in [0, 0.05) is 11.6 Å². The van der Waals surface area contributed by atoms with Crippen LogP contribution in [0.15, 0.2) is 72.8 Å². The molecule has 1 atom stereocenters. The van der Waals surface area contributed by atoms with Crippen LogP contribution in [-0.2, 0) is 11.2 Å². The molecule has 5 heteroatoms. The van der Waals surface area contributed by atoms with Crippen molar-refractivity contribution >= 4 is 17.5 Å². The molecule has 142 valence electrons. The normalized spacial score (nSPS) is 15.8. The van der Waals surface area contributed by atoms with E-state index in [1.807, 2.05) is 23.1 Å². The standard InChI is InChI=1S/C23H19ClFNO2/c24-18-7-11-20(12-8-18)28-15-22(27)26-14-13-16-3-1-2-4-21(16)23(26)17-5-9-19(25)10-6-17/h1-12,23H,13-15H2/t23-/m0/s1. The number of nitrogens with zero attached hydrogens (tertiary/aromatic N) is 1. The van der Waals surface area contributed by atoms with Gasteiger partial charge in [0.05, 0.1) is 6.04 Å². The van der Waals surface area contributed by atoms with Crippen LogP contribution in [0.4, 0.5) is 4.39 Å². The third kappa shape index (κ3) is 3.87. The van der Waals surface area contributed by atoms with Gasteiger partial charge >= 0.3 is 0 Å². The summed E-state index contributed by atoms with van der Waals surface area (Å²) in [5.74, 6) is 0.184. The van der Waals surface area contributed by atoms with E-state index in [0.717, 1.165) is 17.5 Å². The highest BCUT2D eigenvalue weighted by Gasteiger charge is 2.32. The van der Waals surface area contributed by atoms with Gasteiger partial charge in [0.25, 0.3) is 5.91 Å². The van der Waals surface area contributed by atoms with E-state index < -0.39 is 0 Å². The molecule has 1 heterocycles. The highest BCUT2D eigenvalue weighted by molar-refractivity contribution is 6.30. The van der Waals surface area contributed by atoms with Crippen LogP contribution in [-0.4, -0.2) is 24.0 Å². The van der Waals surface area contributed by atoms with Crippen LogP contribution in [0, 0.1) is 5.82 Å². The summed E-state index contributed by atoms with van der Waals surface area (Å²) in [5.41, 5.74) is 3.16. The molecular formula is C23H19ClFNO2. The molecule has 0 saturated heterocycles. The molecule has 3 aromatic rings. The second-order valence-corrected chi connectivity index (χ2v) is 7.17. The SMILES string of the molecule is O=C(COc1ccc(Cl)cc1)N1CCc2ccccc2[C@@H]1c1ccc(F)cc1. The molecule has 0 spiro atoms. The zero-order chi connectivity index (χ0) is 19.5. The van der Waals surface area contributed by atoms with Crippen LogP contribution in [0.2, 0.25) is 5.02 Å². The number of carbonyl (C=O) groups is 1. The van der Waals surface area contributed by atoms with E-state index in [9.17, 15) is 9.18 Å². The Balaban J connectivity index is 1.60. The lowest BCUT2D eigenvalue weighted by atomic mass is 9.88. The molecule has 0 N–H and O–H groups in total. The van der Waals surface area contributed by atoms with Crippen LogP contribution in [0.3, 0.4) is 0 Å². The topological polar surface area (TPSA) is 29.5 Å². The van der Waals surface area contributed by atoms with Crippen molar-refractivity contribution in [2.45, 2.75) is 12.5 Å². The van der Waals surface area contributed by atoms with Crippen LogP contribution < -0.4 is 4.74 Å². The average Bonchev–Trinajstić information content (AvgIpc) is 2.73. The number of rotatable bonds is 4. The lowest BCUT2D eigenvalue weighted by molar-refractivity contribution is -0.135. The smallest absolute Gasteiger partial charge is 0.261 e. The summed E-state index contributed by atoms with van der Waals surface area (Å²) >= 11 is 5.88. The van der Waals surface area contributed by atoms with Gasteiger partial charge in [-0.1, -0.05) is 48.0 Å². The molecular weight excluding hydrogens is 377 g/mol. The van der Waals surface area contributed by atoms with Gasteiger partial charge in [-0.3, -0.25) is 4.79 Å². The minimum absolute atomic E-state index is 0.0680. The van der Waals surface area contributed by atoms with Gasteiger partial charge in [-0.15, -0.1) is 0 Å². The fourth-order valence-corrected chi connectivity index (χ4v) is 3.72. The van der Waals surface area contributed by atoms with Crippen molar-refractivity contribution in [2.75, 3.05) is 13.2 Å². The second kappa shape index (κ2) is 8.03. The summed E-state index contributed by atoms with van der Waals surface area (Å²) in [6.45, 7) is 0.517. The first-order chi connectivity index (χ1) is 13.6. The zero-order valence-corrected chi connectivity index (χ0v) is 15.9. The van der Waals surface area contributed by atoms with Crippen molar-refractivity contribution in [3.63, 3.8) is 0 Å². The minimum Gasteiger partial charge on any atom is -0.484 e. The second-order valence-electron chi connectivity index (χ2n) is 6.73. The Morgan fingerprint density at radius 3 is 2.50 bits per heavy atom. The number of ether oxygens (including phenoxy) is 1. The Labute approximate surface area is 168 Å². The fourth-order valence-electron chi connectivity index (χ4n) is 3.60.